The Bertz CT molecular complexity index is 815. The second-order valence-corrected chi connectivity index (χ2v) is 6.41. The summed E-state index contributed by atoms with van der Waals surface area (Å²) >= 11 is 4.24. The minimum absolute atomic E-state index is 0.0286. The van der Waals surface area contributed by atoms with Crippen LogP contribution in [0.1, 0.15) is 16.7 Å². The van der Waals surface area contributed by atoms with Gasteiger partial charge in [0.1, 0.15) is 6.61 Å². The summed E-state index contributed by atoms with van der Waals surface area (Å²) in [7, 11) is 0. The Balaban J connectivity index is 2.06. The third kappa shape index (κ3) is 3.37. The van der Waals surface area contributed by atoms with Crippen LogP contribution in [0.4, 0.5) is 0 Å². The minimum atomic E-state index is -1.95. The van der Waals surface area contributed by atoms with Gasteiger partial charge in [0.05, 0.1) is 11.3 Å². The van der Waals surface area contributed by atoms with Crippen LogP contribution < -0.4 is 0 Å². The fraction of sp³-hybridized carbons (Fsp3) is 0.118. The first-order chi connectivity index (χ1) is 11.1. The topological polar surface area (TPSA) is 63.6 Å². The number of cyclic esters (lactones) is 1. The number of carbonyl (C=O) groups is 1. The van der Waals surface area contributed by atoms with Gasteiger partial charge in [-0.1, -0.05) is 54.1 Å². The Kier molecular flexibility index (Phi) is 4.61. The largest absolute Gasteiger partial charge is 0.457 e. The molecular weight excluding hydrogens is 336 g/mol. The van der Waals surface area contributed by atoms with Gasteiger partial charge in [0.25, 0.3) is 0 Å². The van der Waals surface area contributed by atoms with Crippen LogP contribution in [-0.2, 0) is 26.4 Å². The van der Waals surface area contributed by atoms with Crippen LogP contribution in [0.5, 0.6) is 0 Å². The lowest BCUT2D eigenvalue weighted by molar-refractivity contribution is -0.133. The molecule has 118 valence electrons. The highest BCUT2D eigenvalue weighted by molar-refractivity contribution is 7.78. The molecule has 0 saturated heterocycles. The predicted octanol–water partition coefficient (Wildman–Crippen LogP) is 3.53. The van der Waals surface area contributed by atoms with Crippen molar-refractivity contribution < 1.29 is 18.3 Å². The molecule has 1 heterocycles. The van der Waals surface area contributed by atoms with E-state index in [1.165, 1.54) is 0 Å². The maximum atomic E-state index is 12.1. The lowest BCUT2D eigenvalue weighted by atomic mass is 9.96. The molecule has 0 fully saturated rings. The van der Waals surface area contributed by atoms with Crippen molar-refractivity contribution in [3.8, 4) is 0 Å². The molecule has 1 N–H and O–H groups in total. The minimum Gasteiger partial charge on any atom is -0.457 e. The van der Waals surface area contributed by atoms with Gasteiger partial charge in [-0.2, -0.15) is 0 Å². The third-order valence-corrected chi connectivity index (χ3v) is 4.51. The summed E-state index contributed by atoms with van der Waals surface area (Å²) in [4.78, 5) is 12.1. The molecule has 6 heteroatoms. The average Bonchev–Trinajstić information content (AvgIpc) is 2.91. The molecule has 2 aromatic rings. The molecular formula is C17H13ClO4S. The number of halogens is 1. The molecule has 0 aromatic heterocycles. The van der Waals surface area contributed by atoms with Gasteiger partial charge in [0.15, 0.2) is 11.1 Å². The van der Waals surface area contributed by atoms with Crippen LogP contribution >= 0.6 is 11.6 Å². The standard InChI is InChI=1S/C17H13ClO4S/c18-15-8-12(6-7-13(15)10-23(20)21)14-9-22-17(19)16(14)11-4-2-1-3-5-11/h1-8H,9-10H2,(H,20,21). The molecule has 0 aliphatic carbocycles. The number of hydrogen-bond acceptors (Lipinski definition) is 3. The molecule has 1 atom stereocenters. The van der Waals surface area contributed by atoms with Gasteiger partial charge in [-0.15, -0.1) is 0 Å². The molecule has 3 rings (SSSR count). The van der Waals surface area contributed by atoms with Crippen LogP contribution in [0, 0.1) is 0 Å². The van der Waals surface area contributed by atoms with E-state index in [-0.39, 0.29) is 18.3 Å². The van der Waals surface area contributed by atoms with E-state index in [1.807, 2.05) is 30.3 Å². The molecule has 0 saturated carbocycles. The van der Waals surface area contributed by atoms with Crippen molar-refractivity contribution in [2.24, 2.45) is 0 Å². The third-order valence-electron chi connectivity index (χ3n) is 3.60. The van der Waals surface area contributed by atoms with Crippen LogP contribution in [0.2, 0.25) is 5.02 Å². The van der Waals surface area contributed by atoms with Crippen molar-refractivity contribution in [3.05, 3.63) is 70.2 Å². The zero-order valence-electron chi connectivity index (χ0n) is 12.0. The lowest BCUT2D eigenvalue weighted by Gasteiger charge is -2.08. The zero-order chi connectivity index (χ0) is 16.4. The number of benzene rings is 2. The molecule has 1 unspecified atom stereocenters. The van der Waals surface area contributed by atoms with Gasteiger partial charge in [0.2, 0.25) is 0 Å². The molecule has 0 spiro atoms. The fourth-order valence-corrected chi connectivity index (χ4v) is 3.36. The number of rotatable bonds is 4. The Morgan fingerprint density at radius 1 is 1.13 bits per heavy atom. The first-order valence-corrected chi connectivity index (χ1v) is 8.53. The molecule has 0 radical (unpaired) electrons. The monoisotopic (exact) mass is 348 g/mol. The summed E-state index contributed by atoms with van der Waals surface area (Å²) in [5.74, 6) is -0.387. The van der Waals surface area contributed by atoms with Crippen LogP contribution in [0.15, 0.2) is 48.5 Å². The van der Waals surface area contributed by atoms with Crippen LogP contribution in [0.3, 0.4) is 0 Å². The Morgan fingerprint density at radius 2 is 1.87 bits per heavy atom. The van der Waals surface area contributed by atoms with Gasteiger partial charge in [-0.25, -0.2) is 9.00 Å². The normalized spacial score (nSPS) is 15.7. The van der Waals surface area contributed by atoms with E-state index in [9.17, 15) is 9.00 Å². The van der Waals surface area contributed by atoms with E-state index >= 15 is 0 Å². The van der Waals surface area contributed by atoms with E-state index in [2.05, 4.69) is 0 Å². The summed E-state index contributed by atoms with van der Waals surface area (Å²) in [5.41, 5.74) is 3.44. The summed E-state index contributed by atoms with van der Waals surface area (Å²) in [6, 6.07) is 14.5. The molecule has 4 nitrogen and oxygen atoms in total. The van der Waals surface area contributed by atoms with Crippen molar-refractivity contribution >= 4 is 39.8 Å². The van der Waals surface area contributed by atoms with Crippen molar-refractivity contribution in [1.29, 1.82) is 0 Å². The lowest BCUT2D eigenvalue weighted by Crippen LogP contribution is -1.98. The van der Waals surface area contributed by atoms with E-state index in [1.54, 1.807) is 18.2 Å². The molecule has 1 aliphatic rings. The molecule has 0 amide bonds. The van der Waals surface area contributed by atoms with Crippen LogP contribution in [-0.4, -0.2) is 21.3 Å². The molecule has 23 heavy (non-hydrogen) atoms. The quantitative estimate of drug-likeness (QED) is 0.678. The van der Waals surface area contributed by atoms with Crippen molar-refractivity contribution in [3.63, 3.8) is 0 Å². The van der Waals surface area contributed by atoms with Gasteiger partial charge >= 0.3 is 5.97 Å². The Hall–Kier alpha value is -1.95. The number of carbonyl (C=O) groups excluding carboxylic acids is 1. The van der Waals surface area contributed by atoms with Gasteiger partial charge in [-0.05, 0) is 22.8 Å². The van der Waals surface area contributed by atoms with Gasteiger partial charge < -0.3 is 9.29 Å². The maximum absolute atomic E-state index is 12.1. The summed E-state index contributed by atoms with van der Waals surface area (Å²) in [6.07, 6.45) is 0. The summed E-state index contributed by atoms with van der Waals surface area (Å²) in [6.45, 7) is 0.185. The summed E-state index contributed by atoms with van der Waals surface area (Å²) in [5, 5.41) is 0.393. The van der Waals surface area contributed by atoms with E-state index in [4.69, 9.17) is 20.9 Å². The molecule has 1 aliphatic heterocycles. The van der Waals surface area contributed by atoms with Crippen molar-refractivity contribution in [2.75, 3.05) is 6.61 Å². The second kappa shape index (κ2) is 6.66. The average molecular weight is 349 g/mol. The summed E-state index contributed by atoms with van der Waals surface area (Å²) < 4.78 is 25.1. The second-order valence-electron chi connectivity index (χ2n) is 5.07. The first-order valence-electron chi connectivity index (χ1n) is 6.88. The fourth-order valence-electron chi connectivity index (χ4n) is 2.51. The molecule has 0 bridgehead atoms. The highest BCUT2D eigenvalue weighted by atomic mass is 35.5. The zero-order valence-corrected chi connectivity index (χ0v) is 13.6. The highest BCUT2D eigenvalue weighted by Crippen LogP contribution is 2.34. The highest BCUT2D eigenvalue weighted by Gasteiger charge is 2.27. The van der Waals surface area contributed by atoms with E-state index < -0.39 is 11.1 Å². The van der Waals surface area contributed by atoms with Crippen molar-refractivity contribution in [2.45, 2.75) is 5.75 Å². The number of esters is 1. The van der Waals surface area contributed by atoms with E-state index in [0.717, 1.165) is 16.7 Å². The van der Waals surface area contributed by atoms with Gasteiger partial charge in [0, 0.05) is 10.6 Å². The molecule has 2 aromatic carbocycles. The smallest absolute Gasteiger partial charge is 0.339 e. The van der Waals surface area contributed by atoms with E-state index in [0.29, 0.717) is 16.2 Å². The Labute approximate surface area is 141 Å². The van der Waals surface area contributed by atoms with Crippen LogP contribution in [0.25, 0.3) is 11.1 Å². The predicted molar refractivity (Wildman–Crippen MR) is 90.1 cm³/mol. The van der Waals surface area contributed by atoms with Crippen molar-refractivity contribution in [1.82, 2.24) is 0 Å². The maximum Gasteiger partial charge on any atom is 0.339 e. The first kappa shape index (κ1) is 15.9. The Morgan fingerprint density at radius 3 is 2.52 bits per heavy atom. The number of ether oxygens (including phenoxy) is 1. The van der Waals surface area contributed by atoms with Gasteiger partial charge in [-0.3, -0.25) is 0 Å². The number of hydrogen-bond donors (Lipinski definition) is 1. The SMILES string of the molecule is O=C1OCC(c2ccc(CS(=O)O)c(Cl)c2)=C1c1ccccc1.